The Bertz CT molecular complexity index is 288. The predicted octanol–water partition coefficient (Wildman–Crippen LogP) is 2.83. The molecule has 1 unspecified atom stereocenters. The number of hydrogen-bond acceptors (Lipinski definition) is 2. The average Bonchev–Trinajstić information content (AvgIpc) is 2.00. The molecule has 2 heteroatoms. The van der Waals surface area contributed by atoms with E-state index >= 15 is 0 Å². The molecule has 13 heavy (non-hydrogen) atoms. The van der Waals surface area contributed by atoms with E-state index in [-0.39, 0.29) is 11.2 Å². The molecule has 1 nitrogen and oxygen atoms in total. The highest BCUT2D eigenvalue weighted by atomic mass is 32.2. The number of carbonyl (C=O) groups excluding carboxylic acids is 1. The highest BCUT2D eigenvalue weighted by Crippen LogP contribution is 2.32. The number of allylic oxidation sites excluding steroid dienone is 4. The molecule has 0 fully saturated rings. The molecule has 72 valence electrons. The van der Waals surface area contributed by atoms with E-state index in [9.17, 15) is 4.79 Å². The summed E-state index contributed by atoms with van der Waals surface area (Å²) >= 11 is 1.72. The minimum Gasteiger partial charge on any atom is -0.294 e. The van der Waals surface area contributed by atoms with Crippen LogP contribution in [-0.2, 0) is 4.79 Å². The third kappa shape index (κ3) is 2.05. The van der Waals surface area contributed by atoms with Gasteiger partial charge in [-0.2, -0.15) is 11.8 Å². The Labute approximate surface area is 84.3 Å². The summed E-state index contributed by atoms with van der Waals surface area (Å²) in [4.78, 5) is 11.9. The van der Waals surface area contributed by atoms with Gasteiger partial charge in [-0.25, -0.2) is 0 Å². The number of carbonyl (C=O) groups is 1. The van der Waals surface area contributed by atoms with Crippen molar-refractivity contribution in [1.29, 1.82) is 0 Å². The van der Waals surface area contributed by atoms with Crippen LogP contribution in [0.15, 0.2) is 23.3 Å². The van der Waals surface area contributed by atoms with Crippen molar-refractivity contribution in [3.63, 3.8) is 0 Å². The van der Waals surface area contributed by atoms with Crippen LogP contribution in [0.25, 0.3) is 0 Å². The Morgan fingerprint density at radius 2 is 2.08 bits per heavy atom. The topological polar surface area (TPSA) is 17.1 Å². The lowest BCUT2D eigenvalue weighted by molar-refractivity contribution is -0.121. The largest absolute Gasteiger partial charge is 0.294 e. The van der Waals surface area contributed by atoms with Gasteiger partial charge in [-0.15, -0.1) is 0 Å². The maximum absolute atomic E-state index is 11.9. The van der Waals surface area contributed by atoms with Gasteiger partial charge >= 0.3 is 0 Å². The van der Waals surface area contributed by atoms with Crippen LogP contribution in [0.2, 0.25) is 0 Å². The van der Waals surface area contributed by atoms with Crippen molar-refractivity contribution in [2.75, 3.05) is 12.0 Å². The molecule has 0 saturated heterocycles. The van der Waals surface area contributed by atoms with Crippen molar-refractivity contribution in [2.45, 2.75) is 20.8 Å². The van der Waals surface area contributed by atoms with Gasteiger partial charge in [-0.1, -0.05) is 17.7 Å². The van der Waals surface area contributed by atoms with E-state index in [1.165, 1.54) is 5.57 Å². The lowest BCUT2D eigenvalue weighted by Gasteiger charge is -2.27. The molecule has 0 saturated carbocycles. The minimum atomic E-state index is -0.275. The molecule has 0 N–H and O–H groups in total. The highest BCUT2D eigenvalue weighted by molar-refractivity contribution is 7.98. The third-order valence-corrected chi connectivity index (χ3v) is 3.20. The standard InChI is InChI=1S/C11H16OS/c1-8-5-9(2)10(12)11(3,6-8)7-13-4/h5-6H,7H2,1-4H3. The number of ketones is 1. The van der Waals surface area contributed by atoms with Crippen LogP contribution in [-0.4, -0.2) is 17.8 Å². The average molecular weight is 196 g/mol. The molecule has 0 heterocycles. The fourth-order valence-corrected chi connectivity index (χ4v) is 2.69. The molecule has 1 aliphatic rings. The molecular weight excluding hydrogens is 180 g/mol. The van der Waals surface area contributed by atoms with Gasteiger partial charge in [0.15, 0.2) is 5.78 Å². The molecule has 0 amide bonds. The SMILES string of the molecule is CSCC1(C)C=C(C)C=C(C)C1=O. The van der Waals surface area contributed by atoms with Gasteiger partial charge in [0.1, 0.15) is 0 Å². The molecule has 1 atom stereocenters. The van der Waals surface area contributed by atoms with E-state index in [1.807, 2.05) is 26.2 Å². The molecule has 1 rings (SSSR count). The first-order valence-corrected chi connectivity index (χ1v) is 5.80. The van der Waals surface area contributed by atoms with Gasteiger partial charge < -0.3 is 0 Å². The summed E-state index contributed by atoms with van der Waals surface area (Å²) in [6.07, 6.45) is 6.08. The second kappa shape index (κ2) is 3.70. The van der Waals surface area contributed by atoms with Crippen LogP contribution in [0.1, 0.15) is 20.8 Å². The number of hydrogen-bond donors (Lipinski definition) is 0. The summed E-state index contributed by atoms with van der Waals surface area (Å²) in [6.45, 7) is 5.97. The highest BCUT2D eigenvalue weighted by Gasteiger charge is 2.33. The van der Waals surface area contributed by atoms with E-state index in [4.69, 9.17) is 0 Å². The molecule has 0 bridgehead atoms. The first-order chi connectivity index (χ1) is 5.99. The Morgan fingerprint density at radius 1 is 1.46 bits per heavy atom. The summed E-state index contributed by atoms with van der Waals surface area (Å²) in [5.74, 6) is 1.14. The quantitative estimate of drug-likeness (QED) is 0.675. The van der Waals surface area contributed by atoms with E-state index in [1.54, 1.807) is 11.8 Å². The van der Waals surface area contributed by atoms with Crippen LogP contribution in [0.4, 0.5) is 0 Å². The Morgan fingerprint density at radius 3 is 2.62 bits per heavy atom. The number of thioether (sulfide) groups is 1. The second-order valence-electron chi connectivity index (χ2n) is 3.90. The van der Waals surface area contributed by atoms with Gasteiger partial charge in [-0.05, 0) is 32.6 Å². The van der Waals surface area contributed by atoms with Gasteiger partial charge in [0.25, 0.3) is 0 Å². The smallest absolute Gasteiger partial charge is 0.169 e. The molecule has 0 aromatic carbocycles. The zero-order valence-corrected chi connectivity index (χ0v) is 9.49. The van der Waals surface area contributed by atoms with E-state index < -0.39 is 0 Å². The van der Waals surface area contributed by atoms with Crippen LogP contribution < -0.4 is 0 Å². The maximum Gasteiger partial charge on any atom is 0.169 e. The van der Waals surface area contributed by atoms with Crippen LogP contribution >= 0.6 is 11.8 Å². The Hall–Kier alpha value is -0.500. The lowest BCUT2D eigenvalue weighted by atomic mass is 9.79. The number of rotatable bonds is 2. The molecule has 1 aliphatic carbocycles. The van der Waals surface area contributed by atoms with Crippen molar-refractivity contribution in [3.8, 4) is 0 Å². The molecule has 0 aromatic heterocycles. The first-order valence-electron chi connectivity index (χ1n) is 4.41. The van der Waals surface area contributed by atoms with Gasteiger partial charge in [0.05, 0.1) is 5.41 Å². The van der Waals surface area contributed by atoms with E-state index in [2.05, 4.69) is 13.0 Å². The fraction of sp³-hybridized carbons (Fsp3) is 0.545. The van der Waals surface area contributed by atoms with Crippen LogP contribution in [0.3, 0.4) is 0 Å². The van der Waals surface area contributed by atoms with Crippen molar-refractivity contribution >= 4 is 17.5 Å². The zero-order valence-electron chi connectivity index (χ0n) is 8.68. The third-order valence-electron chi connectivity index (χ3n) is 2.31. The van der Waals surface area contributed by atoms with E-state index in [0.717, 1.165) is 11.3 Å². The summed E-state index contributed by atoms with van der Waals surface area (Å²) in [6, 6.07) is 0. The van der Waals surface area contributed by atoms with Crippen molar-refractivity contribution in [2.24, 2.45) is 5.41 Å². The summed E-state index contributed by atoms with van der Waals surface area (Å²) in [5, 5.41) is 0. The first kappa shape index (κ1) is 10.6. The van der Waals surface area contributed by atoms with Crippen molar-refractivity contribution in [1.82, 2.24) is 0 Å². The number of Topliss-reactive ketones (excluding diaryl/α,β-unsaturated/α-hetero) is 1. The Kier molecular flexibility index (Phi) is 3.01. The molecule has 0 aromatic rings. The zero-order chi connectivity index (χ0) is 10.1. The summed E-state index contributed by atoms with van der Waals surface area (Å²) in [7, 11) is 0. The summed E-state index contributed by atoms with van der Waals surface area (Å²) < 4.78 is 0. The Balaban J connectivity index is 3.01. The summed E-state index contributed by atoms with van der Waals surface area (Å²) in [5.41, 5.74) is 1.81. The van der Waals surface area contributed by atoms with Crippen molar-refractivity contribution in [3.05, 3.63) is 23.3 Å². The van der Waals surface area contributed by atoms with E-state index in [0.29, 0.717) is 0 Å². The lowest BCUT2D eigenvalue weighted by Crippen LogP contribution is -2.31. The van der Waals surface area contributed by atoms with Gasteiger partial charge in [-0.3, -0.25) is 4.79 Å². The monoisotopic (exact) mass is 196 g/mol. The second-order valence-corrected chi connectivity index (χ2v) is 4.76. The van der Waals surface area contributed by atoms with Crippen molar-refractivity contribution < 1.29 is 4.79 Å². The van der Waals surface area contributed by atoms with Gasteiger partial charge in [0, 0.05) is 5.75 Å². The molecule has 0 aliphatic heterocycles. The molecule has 0 radical (unpaired) electrons. The van der Waals surface area contributed by atoms with Crippen LogP contribution in [0, 0.1) is 5.41 Å². The minimum absolute atomic E-state index is 0.271. The molecular formula is C11H16OS. The maximum atomic E-state index is 11.9. The van der Waals surface area contributed by atoms with Gasteiger partial charge in [0.2, 0.25) is 0 Å². The molecule has 0 spiro atoms. The fourth-order valence-electron chi connectivity index (χ4n) is 1.87. The predicted molar refractivity (Wildman–Crippen MR) is 59.0 cm³/mol. The normalized spacial score (nSPS) is 28.5. The van der Waals surface area contributed by atoms with Crippen LogP contribution in [0.5, 0.6) is 0 Å².